The number of carbonyl (C=O) groups excluding carboxylic acids is 1. The minimum absolute atomic E-state index is 0.0244. The third-order valence-electron chi connectivity index (χ3n) is 9.03. The van der Waals surface area contributed by atoms with Crippen molar-refractivity contribution in [2.24, 2.45) is 0 Å². The number of carbonyl (C=O) groups is 1. The van der Waals surface area contributed by atoms with Crippen molar-refractivity contribution >= 4 is 23.0 Å². The van der Waals surface area contributed by atoms with E-state index < -0.39 is 102 Å². The number of fused-ring (bicyclic) bond motifs is 1. The van der Waals surface area contributed by atoms with Crippen molar-refractivity contribution in [2.75, 3.05) is 13.7 Å². The van der Waals surface area contributed by atoms with E-state index in [1.165, 1.54) is 50.4 Å². The number of aliphatic hydroxyl groups excluding tert-OH is 5. The van der Waals surface area contributed by atoms with Crippen molar-refractivity contribution < 1.29 is 83.6 Å². The maximum Gasteiger partial charge on any atom is 0.330 e. The Labute approximate surface area is 310 Å². The van der Waals surface area contributed by atoms with E-state index in [9.17, 15) is 55.5 Å². The van der Waals surface area contributed by atoms with Crippen LogP contribution in [-0.2, 0) is 23.7 Å². The van der Waals surface area contributed by atoms with Gasteiger partial charge in [0.1, 0.15) is 71.4 Å². The van der Waals surface area contributed by atoms with Crippen LogP contribution in [0.3, 0.4) is 0 Å². The van der Waals surface area contributed by atoms with Crippen molar-refractivity contribution in [3.05, 3.63) is 76.5 Å². The van der Waals surface area contributed by atoms with E-state index in [4.69, 9.17) is 32.8 Å². The predicted octanol–water partition coefficient (Wildman–Crippen LogP) is 0.586. The van der Waals surface area contributed by atoms with Crippen molar-refractivity contribution in [1.82, 2.24) is 0 Å². The highest BCUT2D eigenvalue weighted by atomic mass is 16.8. The monoisotopic (exact) mass is 770 g/mol. The first-order chi connectivity index (χ1) is 26.2. The van der Waals surface area contributed by atoms with Crippen LogP contribution >= 0.6 is 0 Å². The fraction of sp³-hybridized carbons (Fsp3) is 0.351. The van der Waals surface area contributed by atoms with E-state index in [2.05, 4.69) is 0 Å². The summed E-state index contributed by atoms with van der Waals surface area (Å²) >= 11 is 0. The molecule has 0 amide bonds. The van der Waals surface area contributed by atoms with Crippen LogP contribution in [-0.4, -0.2) is 127 Å². The van der Waals surface area contributed by atoms with Crippen LogP contribution in [0.25, 0.3) is 28.4 Å². The minimum atomic E-state index is -1.99. The summed E-state index contributed by atoms with van der Waals surface area (Å²) in [7, 11) is 1.28. The van der Waals surface area contributed by atoms with Gasteiger partial charge in [0.25, 0.3) is 0 Å². The number of esters is 1. The molecule has 2 saturated heterocycles. The first-order valence-electron chi connectivity index (χ1n) is 16.7. The minimum Gasteiger partial charge on any atom is -0.508 e. The molecule has 0 saturated carbocycles. The molecule has 18 heteroatoms. The normalized spacial score (nSPS) is 28.3. The van der Waals surface area contributed by atoms with Gasteiger partial charge >= 0.3 is 5.97 Å². The third-order valence-corrected chi connectivity index (χ3v) is 9.03. The highest BCUT2D eigenvalue weighted by Crippen LogP contribution is 2.40. The van der Waals surface area contributed by atoms with E-state index >= 15 is 0 Å². The van der Waals surface area contributed by atoms with Crippen LogP contribution in [0.1, 0.15) is 12.5 Å². The molecule has 10 atom stereocenters. The summed E-state index contributed by atoms with van der Waals surface area (Å²) in [5.74, 6) is -3.24. The number of aliphatic hydroxyl groups is 5. The number of rotatable bonds is 10. The van der Waals surface area contributed by atoms with Gasteiger partial charge in [-0.05, 0) is 48.9 Å². The summed E-state index contributed by atoms with van der Waals surface area (Å²) in [5, 5.41) is 94.1. The number of phenolic OH excluding ortho intramolecular Hbond substituents is 4. The fourth-order valence-electron chi connectivity index (χ4n) is 6.03. The van der Waals surface area contributed by atoms with E-state index in [0.717, 1.165) is 18.2 Å². The molecule has 0 aliphatic carbocycles. The molecule has 1 aromatic heterocycles. The summed E-state index contributed by atoms with van der Waals surface area (Å²) < 4.78 is 39.6. The molecule has 18 nitrogen and oxygen atoms in total. The van der Waals surface area contributed by atoms with Crippen LogP contribution in [0.5, 0.6) is 34.5 Å². The average molecular weight is 771 g/mol. The molecule has 3 heterocycles. The number of hydrogen-bond donors (Lipinski definition) is 9. The van der Waals surface area contributed by atoms with Crippen molar-refractivity contribution in [3.8, 4) is 45.8 Å². The van der Waals surface area contributed by atoms with Crippen LogP contribution < -0.4 is 14.9 Å². The molecule has 4 aromatic rings. The lowest BCUT2D eigenvalue weighted by Gasteiger charge is -2.45. The topological polar surface area (TPSA) is 285 Å². The van der Waals surface area contributed by atoms with Gasteiger partial charge in [0.2, 0.25) is 17.5 Å². The van der Waals surface area contributed by atoms with Crippen LogP contribution in [0.4, 0.5) is 0 Å². The molecule has 2 aliphatic heterocycles. The van der Waals surface area contributed by atoms with Gasteiger partial charge in [-0.25, -0.2) is 4.79 Å². The molecule has 9 N–H and O–H groups in total. The molecule has 2 aliphatic rings. The number of ether oxygens (including phenoxy) is 6. The van der Waals surface area contributed by atoms with E-state index in [0.29, 0.717) is 5.56 Å². The number of aromatic hydroxyl groups is 4. The smallest absolute Gasteiger partial charge is 0.330 e. The molecular formula is C37H38O18. The summed E-state index contributed by atoms with van der Waals surface area (Å²) in [4.78, 5) is 26.4. The molecule has 0 bridgehead atoms. The van der Waals surface area contributed by atoms with Gasteiger partial charge < -0.3 is 78.8 Å². The number of methoxy groups -OCH3 is 1. The Morgan fingerprint density at radius 3 is 2.24 bits per heavy atom. The second-order valence-electron chi connectivity index (χ2n) is 12.8. The van der Waals surface area contributed by atoms with Gasteiger partial charge in [0.15, 0.2) is 29.7 Å². The Morgan fingerprint density at radius 2 is 1.53 bits per heavy atom. The summed E-state index contributed by atoms with van der Waals surface area (Å²) in [5.41, 5.74) is -0.617. The van der Waals surface area contributed by atoms with Gasteiger partial charge in [-0.2, -0.15) is 0 Å². The maximum absolute atomic E-state index is 14.0. The Bertz CT molecular complexity index is 2100. The zero-order chi connectivity index (χ0) is 39.7. The summed E-state index contributed by atoms with van der Waals surface area (Å²) in [6.45, 7) is 0.722. The molecule has 2 fully saturated rings. The van der Waals surface area contributed by atoms with Crippen molar-refractivity contribution in [1.29, 1.82) is 0 Å². The molecule has 294 valence electrons. The molecule has 3 aromatic carbocycles. The quantitative estimate of drug-likeness (QED) is 0.0788. The number of hydrogen-bond acceptors (Lipinski definition) is 18. The second-order valence-corrected chi connectivity index (χ2v) is 12.8. The van der Waals surface area contributed by atoms with E-state index in [1.807, 2.05) is 0 Å². The Kier molecular flexibility index (Phi) is 11.5. The predicted molar refractivity (Wildman–Crippen MR) is 186 cm³/mol. The lowest BCUT2D eigenvalue weighted by molar-refractivity contribution is -0.355. The summed E-state index contributed by atoms with van der Waals surface area (Å²) in [6.07, 6.45) is -15.0. The van der Waals surface area contributed by atoms with Crippen molar-refractivity contribution in [3.63, 3.8) is 0 Å². The maximum atomic E-state index is 14.0. The van der Waals surface area contributed by atoms with Gasteiger partial charge in [-0.3, -0.25) is 4.79 Å². The van der Waals surface area contributed by atoms with E-state index in [1.54, 1.807) is 12.1 Å². The molecule has 6 rings (SSSR count). The van der Waals surface area contributed by atoms with Crippen molar-refractivity contribution in [2.45, 2.75) is 68.3 Å². The molecular weight excluding hydrogens is 732 g/mol. The van der Waals surface area contributed by atoms with Gasteiger partial charge in [-0.1, -0.05) is 12.1 Å². The van der Waals surface area contributed by atoms with E-state index in [-0.39, 0.29) is 34.2 Å². The number of benzene rings is 3. The SMILES string of the molecule is COc1cc(-c2oc3cc(O)cc(O)c3c(=O)c2O[C@@H]2O[C@@H](C)[C@@H](O)[C@H](O)[C@@H]2O[C@@H]2O[C@@H](COC(=O)/C=C/c3ccc(O)cc3)[C@@H](O)[C@H](O)[C@@H]2O)ccc1O. The number of phenols is 4. The lowest BCUT2D eigenvalue weighted by atomic mass is 9.97. The standard InChI is InChI=1S/C37H38O18/c1-15-27(43)31(47)35(55-36-32(48)30(46)28(44)24(53-36)14-50-25(42)10-5-16-3-7-18(38)8-4-16)37(51-15)54-34-29(45)26-21(41)12-19(39)13-23(26)52-33(34)17-6-9-20(40)22(11-17)49-2/h3-13,15,24,27-28,30-32,35-41,43-44,46-48H,14H2,1-2H3/b10-5+/t15-,24-,27+,28+,30-,31-,32-,35-,36-,37-/m0/s1. The Balaban J connectivity index is 1.29. The zero-order valence-electron chi connectivity index (χ0n) is 29.0. The molecule has 0 spiro atoms. The second kappa shape index (κ2) is 16.1. The molecule has 0 radical (unpaired) electrons. The van der Waals surface area contributed by atoms with Crippen LogP contribution in [0.2, 0.25) is 0 Å². The average Bonchev–Trinajstić information content (AvgIpc) is 3.15. The largest absolute Gasteiger partial charge is 0.508 e. The molecule has 55 heavy (non-hydrogen) atoms. The van der Waals surface area contributed by atoms with Gasteiger partial charge in [0, 0.05) is 23.8 Å². The van der Waals surface area contributed by atoms with Crippen LogP contribution in [0.15, 0.2) is 69.9 Å². The highest BCUT2D eigenvalue weighted by Gasteiger charge is 2.51. The van der Waals surface area contributed by atoms with Gasteiger partial charge in [-0.15, -0.1) is 0 Å². The Morgan fingerprint density at radius 1 is 0.800 bits per heavy atom. The van der Waals surface area contributed by atoms with Crippen LogP contribution in [0, 0.1) is 0 Å². The third kappa shape index (κ3) is 8.16. The first kappa shape index (κ1) is 39.3. The Hall–Kier alpha value is -5.44. The van der Waals surface area contributed by atoms with Gasteiger partial charge in [0.05, 0.1) is 13.2 Å². The lowest BCUT2D eigenvalue weighted by Crippen LogP contribution is -2.64. The summed E-state index contributed by atoms with van der Waals surface area (Å²) in [6, 6.07) is 11.7. The highest BCUT2D eigenvalue weighted by molar-refractivity contribution is 5.88. The fourth-order valence-corrected chi connectivity index (χ4v) is 6.03. The first-order valence-corrected chi connectivity index (χ1v) is 16.7. The zero-order valence-corrected chi connectivity index (χ0v) is 29.0. The molecule has 0 unspecified atom stereocenters.